The van der Waals surface area contributed by atoms with Gasteiger partial charge in [-0.25, -0.2) is 0 Å². The number of hydrogen-bond donors (Lipinski definition) is 1. The Morgan fingerprint density at radius 2 is 1.88 bits per heavy atom. The third kappa shape index (κ3) is 5.85. The molecule has 1 aromatic carbocycles. The minimum absolute atomic E-state index is 0.311. The zero-order valence-electron chi connectivity index (χ0n) is 11.4. The van der Waals surface area contributed by atoms with E-state index in [1.807, 2.05) is 0 Å². The molecule has 1 unspecified atom stereocenters. The molecule has 2 heteroatoms. The Labute approximate surface area is 106 Å². The fraction of sp³-hybridized carbons (Fsp3) is 0.600. The largest absolute Gasteiger partial charge is 0.327 e. The van der Waals surface area contributed by atoms with Crippen LogP contribution in [-0.4, -0.2) is 24.5 Å². The van der Waals surface area contributed by atoms with Gasteiger partial charge in [0.15, 0.2) is 0 Å². The van der Waals surface area contributed by atoms with Crippen molar-refractivity contribution in [2.45, 2.75) is 45.7 Å². The molecule has 0 aliphatic heterocycles. The van der Waals surface area contributed by atoms with E-state index in [-0.39, 0.29) is 0 Å². The molecule has 0 heterocycles. The average Bonchev–Trinajstić information content (AvgIpc) is 2.29. The fourth-order valence-electron chi connectivity index (χ4n) is 2.03. The summed E-state index contributed by atoms with van der Waals surface area (Å²) in [5, 5.41) is 0. The first-order chi connectivity index (χ1) is 8.11. The lowest BCUT2D eigenvalue weighted by molar-refractivity contribution is 0.295. The molecule has 0 aromatic heterocycles. The van der Waals surface area contributed by atoms with Gasteiger partial charge in [0.05, 0.1) is 0 Å². The summed E-state index contributed by atoms with van der Waals surface area (Å²) >= 11 is 0. The molecule has 0 amide bonds. The lowest BCUT2D eigenvalue weighted by atomic mass is 10.1. The standard InChI is InChI=1S/C15H26N2/c1-4-5-6-15(16)12-17(3)11-14-9-7-13(2)8-10-14/h7-10,15H,4-6,11-12,16H2,1-3H3. The summed E-state index contributed by atoms with van der Waals surface area (Å²) in [6.07, 6.45) is 3.60. The molecule has 0 bridgehead atoms. The molecule has 2 N–H and O–H groups in total. The second-order valence-electron chi connectivity index (χ2n) is 5.08. The van der Waals surface area contributed by atoms with Crippen molar-refractivity contribution in [1.29, 1.82) is 0 Å². The Bertz CT molecular complexity index is 305. The van der Waals surface area contributed by atoms with Crippen molar-refractivity contribution in [1.82, 2.24) is 4.90 Å². The lowest BCUT2D eigenvalue weighted by Crippen LogP contribution is -2.34. The molecule has 0 spiro atoms. The van der Waals surface area contributed by atoms with E-state index in [1.165, 1.54) is 24.0 Å². The topological polar surface area (TPSA) is 29.3 Å². The summed E-state index contributed by atoms with van der Waals surface area (Å²) in [5.41, 5.74) is 8.77. The number of hydrogen-bond acceptors (Lipinski definition) is 2. The smallest absolute Gasteiger partial charge is 0.0231 e. The van der Waals surface area contributed by atoms with Crippen molar-refractivity contribution >= 4 is 0 Å². The maximum Gasteiger partial charge on any atom is 0.0231 e. The van der Waals surface area contributed by atoms with Gasteiger partial charge in [0.1, 0.15) is 0 Å². The van der Waals surface area contributed by atoms with Gasteiger partial charge in [0.25, 0.3) is 0 Å². The minimum atomic E-state index is 0.311. The SMILES string of the molecule is CCCCC(N)CN(C)Cc1ccc(C)cc1. The van der Waals surface area contributed by atoms with Crippen LogP contribution in [0.4, 0.5) is 0 Å². The minimum Gasteiger partial charge on any atom is -0.327 e. The van der Waals surface area contributed by atoms with Crippen LogP contribution in [0.2, 0.25) is 0 Å². The molecule has 1 atom stereocenters. The maximum absolute atomic E-state index is 6.10. The monoisotopic (exact) mass is 234 g/mol. The van der Waals surface area contributed by atoms with Gasteiger partial charge in [-0.1, -0.05) is 49.6 Å². The first kappa shape index (κ1) is 14.2. The maximum atomic E-state index is 6.10. The molecule has 1 aromatic rings. The summed E-state index contributed by atoms with van der Waals surface area (Å²) in [4.78, 5) is 2.31. The third-order valence-corrected chi connectivity index (χ3v) is 3.05. The van der Waals surface area contributed by atoms with Gasteiger partial charge in [-0.05, 0) is 26.0 Å². The number of rotatable bonds is 7. The molecule has 0 saturated heterocycles. The molecule has 0 aliphatic rings. The zero-order valence-corrected chi connectivity index (χ0v) is 11.4. The molecule has 96 valence electrons. The quantitative estimate of drug-likeness (QED) is 0.786. The van der Waals surface area contributed by atoms with Crippen LogP contribution < -0.4 is 5.73 Å². The Hall–Kier alpha value is -0.860. The zero-order chi connectivity index (χ0) is 12.7. The molecule has 0 fully saturated rings. The van der Waals surface area contributed by atoms with Crippen LogP contribution in [-0.2, 0) is 6.54 Å². The summed E-state index contributed by atoms with van der Waals surface area (Å²) in [6.45, 7) is 6.30. The number of benzene rings is 1. The lowest BCUT2D eigenvalue weighted by Gasteiger charge is -2.21. The van der Waals surface area contributed by atoms with Gasteiger partial charge in [-0.3, -0.25) is 0 Å². The summed E-state index contributed by atoms with van der Waals surface area (Å²) in [6, 6.07) is 9.04. The van der Waals surface area contributed by atoms with E-state index in [9.17, 15) is 0 Å². The highest BCUT2D eigenvalue weighted by molar-refractivity contribution is 5.21. The summed E-state index contributed by atoms with van der Waals surface area (Å²) < 4.78 is 0. The van der Waals surface area contributed by atoms with E-state index in [4.69, 9.17) is 5.73 Å². The molecule has 0 radical (unpaired) electrons. The van der Waals surface area contributed by atoms with Gasteiger partial charge in [-0.2, -0.15) is 0 Å². The van der Waals surface area contributed by atoms with Gasteiger partial charge in [-0.15, -0.1) is 0 Å². The van der Waals surface area contributed by atoms with Crippen molar-refractivity contribution in [3.05, 3.63) is 35.4 Å². The Kier molecular flexibility index (Phi) is 6.23. The van der Waals surface area contributed by atoms with Crippen LogP contribution in [0.5, 0.6) is 0 Å². The molecule has 0 aliphatic carbocycles. The summed E-state index contributed by atoms with van der Waals surface area (Å²) in [5.74, 6) is 0. The fourth-order valence-corrected chi connectivity index (χ4v) is 2.03. The molecular weight excluding hydrogens is 208 g/mol. The van der Waals surface area contributed by atoms with Crippen LogP contribution in [0.15, 0.2) is 24.3 Å². The third-order valence-electron chi connectivity index (χ3n) is 3.05. The average molecular weight is 234 g/mol. The van der Waals surface area contributed by atoms with Crippen LogP contribution in [0.3, 0.4) is 0 Å². The molecule has 2 nitrogen and oxygen atoms in total. The first-order valence-electron chi connectivity index (χ1n) is 6.61. The predicted molar refractivity (Wildman–Crippen MR) is 75.0 cm³/mol. The van der Waals surface area contributed by atoms with Gasteiger partial charge < -0.3 is 10.6 Å². The second-order valence-corrected chi connectivity index (χ2v) is 5.08. The Morgan fingerprint density at radius 1 is 1.24 bits per heavy atom. The van der Waals surface area contributed by atoms with Gasteiger partial charge >= 0.3 is 0 Å². The van der Waals surface area contributed by atoms with E-state index in [0.717, 1.165) is 19.5 Å². The van der Waals surface area contributed by atoms with E-state index in [2.05, 4.69) is 50.1 Å². The van der Waals surface area contributed by atoms with Crippen molar-refractivity contribution in [3.8, 4) is 0 Å². The van der Waals surface area contributed by atoms with E-state index in [0.29, 0.717) is 6.04 Å². The molecule has 0 saturated carbocycles. The molecular formula is C15H26N2. The highest BCUT2D eigenvalue weighted by Gasteiger charge is 2.06. The number of nitrogens with two attached hydrogens (primary N) is 1. The van der Waals surface area contributed by atoms with Crippen molar-refractivity contribution in [2.75, 3.05) is 13.6 Å². The number of likely N-dealkylation sites (N-methyl/N-ethyl adjacent to an activating group) is 1. The Balaban J connectivity index is 2.33. The van der Waals surface area contributed by atoms with Crippen LogP contribution >= 0.6 is 0 Å². The Morgan fingerprint density at radius 3 is 2.47 bits per heavy atom. The van der Waals surface area contributed by atoms with E-state index in [1.54, 1.807) is 0 Å². The predicted octanol–water partition coefficient (Wildman–Crippen LogP) is 2.94. The summed E-state index contributed by atoms with van der Waals surface area (Å²) in [7, 11) is 2.14. The second kappa shape index (κ2) is 7.46. The van der Waals surface area contributed by atoms with Crippen molar-refractivity contribution in [2.24, 2.45) is 5.73 Å². The van der Waals surface area contributed by atoms with Crippen molar-refractivity contribution in [3.63, 3.8) is 0 Å². The van der Waals surface area contributed by atoms with Gasteiger partial charge in [0, 0.05) is 19.1 Å². The molecule has 1 rings (SSSR count). The van der Waals surface area contributed by atoms with E-state index < -0.39 is 0 Å². The highest BCUT2D eigenvalue weighted by Crippen LogP contribution is 2.07. The number of nitrogens with zero attached hydrogens (tertiary/aromatic N) is 1. The first-order valence-corrected chi connectivity index (χ1v) is 6.61. The number of unbranched alkanes of at least 4 members (excludes halogenated alkanes) is 1. The molecule has 17 heavy (non-hydrogen) atoms. The highest BCUT2D eigenvalue weighted by atomic mass is 15.1. The normalized spacial score (nSPS) is 13.0. The number of aryl methyl sites for hydroxylation is 1. The van der Waals surface area contributed by atoms with Crippen molar-refractivity contribution < 1.29 is 0 Å². The van der Waals surface area contributed by atoms with Crippen LogP contribution in [0.1, 0.15) is 37.3 Å². The van der Waals surface area contributed by atoms with E-state index >= 15 is 0 Å². The van der Waals surface area contributed by atoms with Crippen LogP contribution in [0.25, 0.3) is 0 Å². The van der Waals surface area contributed by atoms with Crippen LogP contribution in [0, 0.1) is 6.92 Å². The van der Waals surface area contributed by atoms with Gasteiger partial charge in [0.2, 0.25) is 0 Å².